The standard InChI is InChI=1S/C15H23NO3/c1-11(2)10-14(16)12-5-7-13(8-6-12)19-9-3-4-15(17)18/h5-8,11,14H,3-4,9-10,16H2,1-2H3,(H,17,18)/t14-/m0/s1. The Morgan fingerprint density at radius 2 is 1.95 bits per heavy atom. The molecule has 0 aromatic heterocycles. The van der Waals surface area contributed by atoms with Crippen LogP contribution in [0.4, 0.5) is 0 Å². The zero-order valence-corrected chi connectivity index (χ0v) is 11.6. The Morgan fingerprint density at radius 3 is 2.47 bits per heavy atom. The molecule has 4 heteroatoms. The monoisotopic (exact) mass is 265 g/mol. The van der Waals surface area contributed by atoms with Crippen LogP contribution in [-0.2, 0) is 4.79 Å². The van der Waals surface area contributed by atoms with E-state index < -0.39 is 5.97 Å². The summed E-state index contributed by atoms with van der Waals surface area (Å²) in [6, 6.07) is 7.77. The predicted octanol–water partition coefficient (Wildman–Crippen LogP) is 2.98. The minimum Gasteiger partial charge on any atom is -0.494 e. The van der Waals surface area contributed by atoms with E-state index in [1.807, 2.05) is 24.3 Å². The minimum absolute atomic E-state index is 0.0565. The summed E-state index contributed by atoms with van der Waals surface area (Å²) in [5, 5.41) is 8.51. The van der Waals surface area contributed by atoms with Gasteiger partial charge < -0.3 is 15.6 Å². The lowest BCUT2D eigenvalue weighted by Crippen LogP contribution is -2.12. The SMILES string of the molecule is CC(C)C[C@H](N)c1ccc(OCCCC(=O)O)cc1. The Morgan fingerprint density at radius 1 is 1.32 bits per heavy atom. The summed E-state index contributed by atoms with van der Waals surface area (Å²) in [5.41, 5.74) is 7.20. The normalized spacial score (nSPS) is 12.4. The average Bonchev–Trinajstić information content (AvgIpc) is 2.34. The van der Waals surface area contributed by atoms with Crippen LogP contribution in [0.3, 0.4) is 0 Å². The van der Waals surface area contributed by atoms with Gasteiger partial charge in [0.05, 0.1) is 6.61 Å². The van der Waals surface area contributed by atoms with Crippen molar-refractivity contribution in [1.82, 2.24) is 0 Å². The van der Waals surface area contributed by atoms with E-state index in [0.29, 0.717) is 18.9 Å². The molecule has 1 aromatic carbocycles. The first-order chi connectivity index (χ1) is 8.99. The van der Waals surface area contributed by atoms with Crippen molar-refractivity contribution in [2.45, 2.75) is 39.2 Å². The Labute approximate surface area is 114 Å². The lowest BCUT2D eigenvalue weighted by atomic mass is 9.98. The van der Waals surface area contributed by atoms with Crippen LogP contribution in [0.2, 0.25) is 0 Å². The van der Waals surface area contributed by atoms with Crippen LogP contribution in [-0.4, -0.2) is 17.7 Å². The van der Waals surface area contributed by atoms with Crippen LogP contribution in [0.5, 0.6) is 5.75 Å². The highest BCUT2D eigenvalue weighted by molar-refractivity contribution is 5.66. The molecule has 0 aliphatic carbocycles. The van der Waals surface area contributed by atoms with Crippen molar-refractivity contribution < 1.29 is 14.6 Å². The Hall–Kier alpha value is -1.55. The summed E-state index contributed by atoms with van der Waals surface area (Å²) in [6.45, 7) is 4.73. The second-order valence-electron chi connectivity index (χ2n) is 5.15. The maximum atomic E-state index is 10.3. The van der Waals surface area contributed by atoms with Gasteiger partial charge in [-0.3, -0.25) is 4.79 Å². The lowest BCUT2D eigenvalue weighted by Gasteiger charge is -2.15. The number of ether oxygens (including phenoxy) is 1. The van der Waals surface area contributed by atoms with Crippen molar-refractivity contribution >= 4 is 5.97 Å². The number of carboxylic acids is 1. The number of benzene rings is 1. The van der Waals surface area contributed by atoms with Crippen molar-refractivity contribution in [3.8, 4) is 5.75 Å². The van der Waals surface area contributed by atoms with Crippen molar-refractivity contribution in [2.75, 3.05) is 6.61 Å². The van der Waals surface area contributed by atoms with E-state index in [2.05, 4.69) is 13.8 Å². The molecule has 1 rings (SSSR count). The Balaban J connectivity index is 2.41. The predicted molar refractivity (Wildman–Crippen MR) is 75.2 cm³/mol. The molecule has 3 N–H and O–H groups in total. The van der Waals surface area contributed by atoms with E-state index in [9.17, 15) is 4.79 Å². The highest BCUT2D eigenvalue weighted by Gasteiger charge is 2.08. The molecule has 0 unspecified atom stereocenters. The van der Waals surface area contributed by atoms with E-state index in [1.54, 1.807) is 0 Å². The van der Waals surface area contributed by atoms with Gasteiger partial charge in [-0.15, -0.1) is 0 Å². The minimum atomic E-state index is -0.793. The molecule has 0 saturated heterocycles. The third-order valence-corrected chi connectivity index (χ3v) is 2.84. The molecule has 19 heavy (non-hydrogen) atoms. The number of hydrogen-bond donors (Lipinski definition) is 2. The van der Waals surface area contributed by atoms with Crippen LogP contribution < -0.4 is 10.5 Å². The number of nitrogens with two attached hydrogens (primary N) is 1. The first-order valence-corrected chi connectivity index (χ1v) is 6.69. The van der Waals surface area contributed by atoms with Gasteiger partial charge in [0.25, 0.3) is 0 Å². The average molecular weight is 265 g/mol. The molecule has 0 spiro atoms. The van der Waals surface area contributed by atoms with Gasteiger partial charge in [-0.1, -0.05) is 26.0 Å². The molecule has 0 heterocycles. The van der Waals surface area contributed by atoms with Gasteiger partial charge in [0.15, 0.2) is 0 Å². The zero-order valence-electron chi connectivity index (χ0n) is 11.6. The largest absolute Gasteiger partial charge is 0.494 e. The highest BCUT2D eigenvalue weighted by atomic mass is 16.5. The van der Waals surface area contributed by atoms with Crippen LogP contribution >= 0.6 is 0 Å². The van der Waals surface area contributed by atoms with Gasteiger partial charge in [0, 0.05) is 12.5 Å². The molecular weight excluding hydrogens is 242 g/mol. The van der Waals surface area contributed by atoms with E-state index in [0.717, 1.165) is 17.7 Å². The molecule has 0 aliphatic rings. The van der Waals surface area contributed by atoms with Gasteiger partial charge >= 0.3 is 5.97 Å². The summed E-state index contributed by atoms with van der Waals surface area (Å²) >= 11 is 0. The van der Waals surface area contributed by atoms with Crippen LogP contribution in [0, 0.1) is 5.92 Å². The number of hydrogen-bond acceptors (Lipinski definition) is 3. The molecule has 1 aromatic rings. The molecule has 0 bridgehead atoms. The number of carbonyl (C=O) groups is 1. The van der Waals surface area contributed by atoms with Gasteiger partial charge in [-0.05, 0) is 36.5 Å². The smallest absolute Gasteiger partial charge is 0.303 e. The van der Waals surface area contributed by atoms with Crippen molar-refractivity contribution in [1.29, 1.82) is 0 Å². The highest BCUT2D eigenvalue weighted by Crippen LogP contribution is 2.21. The Bertz CT molecular complexity index is 387. The van der Waals surface area contributed by atoms with Gasteiger partial charge in [0.1, 0.15) is 5.75 Å². The van der Waals surface area contributed by atoms with Crippen molar-refractivity contribution in [3.63, 3.8) is 0 Å². The fourth-order valence-electron chi connectivity index (χ4n) is 1.87. The molecule has 0 radical (unpaired) electrons. The lowest BCUT2D eigenvalue weighted by molar-refractivity contribution is -0.137. The maximum absolute atomic E-state index is 10.3. The third kappa shape index (κ3) is 6.25. The molecule has 0 aliphatic heterocycles. The number of aliphatic carboxylic acids is 1. The molecule has 0 fully saturated rings. The first kappa shape index (κ1) is 15.5. The van der Waals surface area contributed by atoms with E-state index in [4.69, 9.17) is 15.6 Å². The summed E-state index contributed by atoms with van der Waals surface area (Å²) < 4.78 is 5.47. The van der Waals surface area contributed by atoms with Gasteiger partial charge in [-0.2, -0.15) is 0 Å². The molecule has 0 saturated carbocycles. The first-order valence-electron chi connectivity index (χ1n) is 6.69. The zero-order chi connectivity index (χ0) is 14.3. The Kier molecular flexibility index (Phi) is 6.36. The summed E-state index contributed by atoms with van der Waals surface area (Å²) in [5.74, 6) is 0.534. The summed E-state index contributed by atoms with van der Waals surface area (Å²) in [6.07, 6.45) is 1.61. The molecule has 106 valence electrons. The van der Waals surface area contributed by atoms with Crippen LogP contribution in [0.15, 0.2) is 24.3 Å². The molecule has 1 atom stereocenters. The molecule has 0 amide bonds. The fourth-order valence-corrected chi connectivity index (χ4v) is 1.87. The molecular formula is C15H23NO3. The van der Waals surface area contributed by atoms with E-state index in [-0.39, 0.29) is 12.5 Å². The van der Waals surface area contributed by atoms with Crippen LogP contribution in [0.25, 0.3) is 0 Å². The summed E-state index contributed by atoms with van der Waals surface area (Å²) in [4.78, 5) is 10.3. The maximum Gasteiger partial charge on any atom is 0.303 e. The fraction of sp³-hybridized carbons (Fsp3) is 0.533. The van der Waals surface area contributed by atoms with E-state index in [1.165, 1.54) is 0 Å². The second-order valence-corrected chi connectivity index (χ2v) is 5.15. The number of rotatable bonds is 8. The van der Waals surface area contributed by atoms with E-state index >= 15 is 0 Å². The van der Waals surface area contributed by atoms with Crippen LogP contribution in [0.1, 0.15) is 44.7 Å². The summed E-state index contributed by atoms with van der Waals surface area (Å²) in [7, 11) is 0. The quantitative estimate of drug-likeness (QED) is 0.709. The topological polar surface area (TPSA) is 72.5 Å². The van der Waals surface area contributed by atoms with Gasteiger partial charge in [0.2, 0.25) is 0 Å². The second kappa shape index (κ2) is 7.79. The number of carboxylic acid groups (broad SMARTS) is 1. The van der Waals surface area contributed by atoms with Gasteiger partial charge in [-0.25, -0.2) is 0 Å². The van der Waals surface area contributed by atoms with Crippen molar-refractivity contribution in [3.05, 3.63) is 29.8 Å². The van der Waals surface area contributed by atoms with Crippen molar-refractivity contribution in [2.24, 2.45) is 11.7 Å². The molecule has 4 nitrogen and oxygen atoms in total. The third-order valence-electron chi connectivity index (χ3n) is 2.84.